The van der Waals surface area contributed by atoms with Gasteiger partial charge >= 0.3 is 0 Å². The highest BCUT2D eigenvalue weighted by atomic mass is 79.9. The summed E-state index contributed by atoms with van der Waals surface area (Å²) in [7, 11) is 0. The van der Waals surface area contributed by atoms with E-state index in [1.54, 1.807) is 24.3 Å². The lowest BCUT2D eigenvalue weighted by Crippen LogP contribution is -2.15. The van der Waals surface area contributed by atoms with Crippen molar-refractivity contribution in [3.63, 3.8) is 0 Å². The first-order valence-electron chi connectivity index (χ1n) is 6.05. The predicted molar refractivity (Wildman–Crippen MR) is 94.2 cm³/mol. The maximum absolute atomic E-state index is 12.3. The molecule has 0 aliphatic carbocycles. The number of carbonyl (C=O) groups is 1. The number of halogens is 2. The summed E-state index contributed by atoms with van der Waals surface area (Å²) < 4.78 is 0.672. The van der Waals surface area contributed by atoms with E-state index in [1.165, 1.54) is 0 Å². The minimum atomic E-state index is -0.226. The molecule has 0 spiro atoms. The van der Waals surface area contributed by atoms with E-state index >= 15 is 0 Å². The van der Waals surface area contributed by atoms with Gasteiger partial charge in [0.25, 0.3) is 5.91 Å². The number of anilines is 1. The van der Waals surface area contributed by atoms with Crippen molar-refractivity contribution in [3.8, 4) is 0 Å². The van der Waals surface area contributed by atoms with Crippen LogP contribution in [0, 0.1) is 6.92 Å². The molecule has 6 heteroatoms. The second-order valence-corrected chi connectivity index (χ2v) is 6.18. The van der Waals surface area contributed by atoms with Gasteiger partial charge in [-0.25, -0.2) is 0 Å². The van der Waals surface area contributed by atoms with E-state index in [4.69, 9.17) is 29.6 Å². The molecule has 2 aromatic rings. The molecular weight excluding hydrogens is 372 g/mol. The highest BCUT2D eigenvalue weighted by Gasteiger charge is 2.10. The Bertz CT molecular complexity index is 734. The molecule has 0 aliphatic heterocycles. The Hall–Kier alpha value is -1.43. The van der Waals surface area contributed by atoms with Crippen LogP contribution in [0.15, 0.2) is 40.9 Å². The van der Waals surface area contributed by atoms with E-state index in [9.17, 15) is 4.79 Å². The van der Waals surface area contributed by atoms with Gasteiger partial charge in [-0.2, -0.15) is 0 Å². The van der Waals surface area contributed by atoms with Crippen molar-refractivity contribution in [1.29, 1.82) is 0 Å². The van der Waals surface area contributed by atoms with Gasteiger partial charge in [-0.1, -0.05) is 36.0 Å². The van der Waals surface area contributed by atoms with Gasteiger partial charge < -0.3 is 11.1 Å². The van der Waals surface area contributed by atoms with Crippen LogP contribution in [-0.2, 0) is 0 Å². The van der Waals surface area contributed by atoms with Crippen LogP contribution in [-0.4, -0.2) is 10.9 Å². The lowest BCUT2D eigenvalue weighted by Gasteiger charge is -2.10. The van der Waals surface area contributed by atoms with E-state index in [0.29, 0.717) is 31.3 Å². The zero-order chi connectivity index (χ0) is 15.6. The molecule has 0 aliphatic rings. The topological polar surface area (TPSA) is 55.1 Å². The molecule has 0 heterocycles. The molecule has 1 amide bonds. The average molecular weight is 384 g/mol. The third-order valence-electron chi connectivity index (χ3n) is 2.95. The number of nitrogens with two attached hydrogens (primary N) is 1. The van der Waals surface area contributed by atoms with Crippen molar-refractivity contribution in [2.24, 2.45) is 5.73 Å². The Kier molecular flexibility index (Phi) is 4.98. The van der Waals surface area contributed by atoms with Crippen LogP contribution in [0.4, 0.5) is 5.69 Å². The molecule has 0 unspecified atom stereocenters. The SMILES string of the molecule is Cc1ccc(C(N)=S)cc1NC(=O)c1ccc(Cl)c(Br)c1. The van der Waals surface area contributed by atoms with Crippen LogP contribution in [0.2, 0.25) is 5.02 Å². The molecule has 0 saturated carbocycles. The molecule has 108 valence electrons. The maximum atomic E-state index is 12.3. The van der Waals surface area contributed by atoms with Crippen molar-refractivity contribution in [2.75, 3.05) is 5.32 Å². The molecule has 21 heavy (non-hydrogen) atoms. The molecule has 0 aromatic heterocycles. The van der Waals surface area contributed by atoms with Crippen molar-refractivity contribution in [3.05, 3.63) is 62.6 Å². The summed E-state index contributed by atoms with van der Waals surface area (Å²) in [5.41, 5.74) is 8.43. The Morgan fingerprint density at radius 2 is 1.90 bits per heavy atom. The Morgan fingerprint density at radius 3 is 2.52 bits per heavy atom. The van der Waals surface area contributed by atoms with Gasteiger partial charge in [0.1, 0.15) is 4.99 Å². The molecule has 0 atom stereocenters. The van der Waals surface area contributed by atoms with Crippen molar-refractivity contribution >= 4 is 56.3 Å². The number of benzene rings is 2. The van der Waals surface area contributed by atoms with E-state index in [2.05, 4.69) is 21.2 Å². The predicted octanol–water partition coefficient (Wildman–Crippen LogP) is 4.30. The van der Waals surface area contributed by atoms with Crippen LogP contribution in [0.25, 0.3) is 0 Å². The molecule has 3 nitrogen and oxygen atoms in total. The third-order valence-corrected chi connectivity index (χ3v) is 4.40. The van der Waals surface area contributed by atoms with E-state index in [0.717, 1.165) is 5.56 Å². The fraction of sp³-hybridized carbons (Fsp3) is 0.0667. The van der Waals surface area contributed by atoms with E-state index in [-0.39, 0.29) is 5.91 Å². The lowest BCUT2D eigenvalue weighted by atomic mass is 10.1. The van der Waals surface area contributed by atoms with Crippen molar-refractivity contribution in [2.45, 2.75) is 6.92 Å². The smallest absolute Gasteiger partial charge is 0.255 e. The van der Waals surface area contributed by atoms with Gasteiger partial charge in [0, 0.05) is 21.3 Å². The number of aryl methyl sites for hydroxylation is 1. The van der Waals surface area contributed by atoms with Crippen molar-refractivity contribution < 1.29 is 4.79 Å². The summed E-state index contributed by atoms with van der Waals surface area (Å²) in [6.45, 7) is 1.90. The van der Waals surface area contributed by atoms with Crippen LogP contribution in [0.5, 0.6) is 0 Å². The first-order chi connectivity index (χ1) is 9.88. The Morgan fingerprint density at radius 1 is 1.24 bits per heavy atom. The molecule has 0 bridgehead atoms. The minimum Gasteiger partial charge on any atom is -0.389 e. The number of thiocarbonyl (C=S) groups is 1. The number of hydrogen-bond donors (Lipinski definition) is 2. The molecule has 3 N–H and O–H groups in total. The monoisotopic (exact) mass is 382 g/mol. The zero-order valence-corrected chi connectivity index (χ0v) is 14.3. The van der Waals surface area contributed by atoms with Crippen LogP contribution in [0.1, 0.15) is 21.5 Å². The summed E-state index contributed by atoms with van der Waals surface area (Å²) in [6.07, 6.45) is 0. The largest absolute Gasteiger partial charge is 0.389 e. The maximum Gasteiger partial charge on any atom is 0.255 e. The highest BCUT2D eigenvalue weighted by Crippen LogP contribution is 2.24. The van der Waals surface area contributed by atoms with Gasteiger partial charge in [0.05, 0.1) is 5.02 Å². The number of rotatable bonds is 3. The Balaban J connectivity index is 2.28. The summed E-state index contributed by atoms with van der Waals surface area (Å²) in [6, 6.07) is 10.5. The number of hydrogen-bond acceptors (Lipinski definition) is 2. The third kappa shape index (κ3) is 3.81. The fourth-order valence-corrected chi connectivity index (χ4v) is 2.37. The molecule has 0 fully saturated rings. The highest BCUT2D eigenvalue weighted by molar-refractivity contribution is 9.10. The number of carbonyl (C=O) groups excluding carboxylic acids is 1. The first-order valence-corrected chi connectivity index (χ1v) is 7.63. The zero-order valence-electron chi connectivity index (χ0n) is 11.1. The first kappa shape index (κ1) is 15.9. The second kappa shape index (κ2) is 6.56. The van der Waals surface area contributed by atoms with Crippen molar-refractivity contribution in [1.82, 2.24) is 0 Å². The molecule has 0 saturated heterocycles. The second-order valence-electron chi connectivity index (χ2n) is 4.48. The summed E-state index contributed by atoms with van der Waals surface area (Å²) in [5.74, 6) is -0.226. The van der Waals surface area contributed by atoms with Gasteiger partial charge in [-0.3, -0.25) is 4.79 Å². The van der Waals surface area contributed by atoms with Gasteiger partial charge in [0.2, 0.25) is 0 Å². The number of nitrogens with one attached hydrogen (secondary N) is 1. The quantitative estimate of drug-likeness (QED) is 0.777. The van der Waals surface area contributed by atoms with Crippen LogP contribution in [0.3, 0.4) is 0 Å². The normalized spacial score (nSPS) is 10.2. The van der Waals surface area contributed by atoms with E-state index in [1.807, 2.05) is 19.1 Å². The fourth-order valence-electron chi connectivity index (χ4n) is 1.74. The van der Waals surface area contributed by atoms with Gasteiger partial charge in [0.15, 0.2) is 0 Å². The lowest BCUT2D eigenvalue weighted by molar-refractivity contribution is 0.102. The summed E-state index contributed by atoms with van der Waals surface area (Å²) in [4.78, 5) is 12.6. The van der Waals surface area contributed by atoms with Gasteiger partial charge in [-0.15, -0.1) is 0 Å². The molecule has 0 radical (unpaired) electrons. The van der Waals surface area contributed by atoms with Crippen LogP contribution < -0.4 is 11.1 Å². The molecule has 2 rings (SSSR count). The van der Waals surface area contributed by atoms with Gasteiger partial charge in [-0.05, 0) is 52.7 Å². The summed E-state index contributed by atoms with van der Waals surface area (Å²) >= 11 is 14.2. The minimum absolute atomic E-state index is 0.226. The molecular formula is C15H12BrClN2OS. The Labute approximate surface area is 141 Å². The number of amides is 1. The van der Waals surface area contributed by atoms with Crippen LogP contribution >= 0.6 is 39.7 Å². The van der Waals surface area contributed by atoms with E-state index < -0.39 is 0 Å². The standard InChI is InChI=1S/C15H12BrClN2OS/c1-8-2-3-9(14(18)21)7-13(8)19-15(20)10-4-5-12(17)11(16)6-10/h2-7H,1H3,(H2,18,21)(H,19,20). The molecule has 2 aromatic carbocycles. The summed E-state index contributed by atoms with van der Waals surface area (Å²) in [5, 5.41) is 3.40. The average Bonchev–Trinajstić information content (AvgIpc) is 2.43.